The van der Waals surface area contributed by atoms with Crippen molar-refractivity contribution in [3.8, 4) is 0 Å². The first kappa shape index (κ1) is 9.28. The monoisotopic (exact) mass is 180 g/mol. The van der Waals surface area contributed by atoms with Gasteiger partial charge in [-0.25, -0.2) is 0 Å². The van der Waals surface area contributed by atoms with Gasteiger partial charge in [0.05, 0.1) is 6.10 Å². The van der Waals surface area contributed by atoms with Crippen molar-refractivity contribution in [2.24, 2.45) is 0 Å². The van der Waals surface area contributed by atoms with Gasteiger partial charge in [-0.2, -0.15) is 11.8 Å². The van der Waals surface area contributed by atoms with Crippen LogP contribution in [0.25, 0.3) is 0 Å². The summed E-state index contributed by atoms with van der Waals surface area (Å²) in [6, 6.07) is 0. The van der Waals surface area contributed by atoms with Crippen molar-refractivity contribution < 1.29 is 20.1 Å². The number of ether oxygens (including phenoxy) is 1. The first-order valence-corrected chi connectivity index (χ1v) is 4.75. The van der Waals surface area contributed by atoms with E-state index in [1.807, 2.05) is 6.26 Å². The number of aliphatic hydroxyl groups is 3. The van der Waals surface area contributed by atoms with E-state index in [1.165, 1.54) is 11.8 Å². The molecule has 0 radical (unpaired) electrons. The lowest BCUT2D eigenvalue weighted by Gasteiger charge is -2.11. The maximum absolute atomic E-state index is 9.21. The summed E-state index contributed by atoms with van der Waals surface area (Å²) in [5, 5.41) is 27.2. The van der Waals surface area contributed by atoms with Crippen LogP contribution in [0.4, 0.5) is 0 Å². The molecular weight excluding hydrogens is 168 g/mol. The van der Waals surface area contributed by atoms with E-state index < -0.39 is 24.6 Å². The number of hydrogen-bond acceptors (Lipinski definition) is 5. The van der Waals surface area contributed by atoms with Crippen molar-refractivity contribution in [2.45, 2.75) is 24.6 Å². The van der Waals surface area contributed by atoms with Gasteiger partial charge in [-0.05, 0) is 6.26 Å². The Hall–Kier alpha value is 0.190. The van der Waals surface area contributed by atoms with E-state index in [-0.39, 0.29) is 0 Å². The van der Waals surface area contributed by atoms with Crippen LogP contribution < -0.4 is 0 Å². The number of aliphatic hydroxyl groups excluding tert-OH is 3. The lowest BCUT2D eigenvalue weighted by atomic mass is 10.2. The van der Waals surface area contributed by atoms with E-state index in [0.717, 1.165) is 0 Å². The van der Waals surface area contributed by atoms with Crippen LogP contribution in [0.15, 0.2) is 0 Å². The minimum Gasteiger partial charge on any atom is -0.387 e. The molecule has 4 atom stereocenters. The molecule has 1 saturated heterocycles. The highest BCUT2D eigenvalue weighted by atomic mass is 32.2. The highest BCUT2D eigenvalue weighted by Crippen LogP contribution is 2.21. The molecule has 0 amide bonds. The van der Waals surface area contributed by atoms with Gasteiger partial charge in [0.25, 0.3) is 0 Å². The second kappa shape index (κ2) is 3.73. The maximum atomic E-state index is 9.21. The maximum Gasteiger partial charge on any atom is 0.183 e. The van der Waals surface area contributed by atoms with Crippen LogP contribution in [0.3, 0.4) is 0 Å². The molecule has 1 rings (SSSR count). The molecule has 1 fully saturated rings. The van der Waals surface area contributed by atoms with Gasteiger partial charge in [0.1, 0.15) is 12.2 Å². The summed E-state index contributed by atoms with van der Waals surface area (Å²) in [6.45, 7) is 0. The standard InChI is InChI=1S/C6H12O4S/c1-11-2-3-4(7)5(8)6(9)10-3/h3-9H,2H2,1H3/t3-,4+,5-,6+/m1/s1. The average molecular weight is 180 g/mol. The Bertz CT molecular complexity index is 132. The van der Waals surface area contributed by atoms with Crippen LogP contribution in [0.2, 0.25) is 0 Å². The average Bonchev–Trinajstić information content (AvgIpc) is 2.19. The zero-order chi connectivity index (χ0) is 8.43. The highest BCUT2D eigenvalue weighted by Gasteiger charge is 2.41. The Kier molecular flexibility index (Phi) is 3.15. The number of thioether (sulfide) groups is 1. The molecule has 0 bridgehead atoms. The third kappa shape index (κ3) is 1.86. The van der Waals surface area contributed by atoms with E-state index >= 15 is 0 Å². The third-order valence-electron chi connectivity index (χ3n) is 1.67. The zero-order valence-electron chi connectivity index (χ0n) is 6.17. The van der Waals surface area contributed by atoms with Gasteiger partial charge in [0.15, 0.2) is 6.29 Å². The molecule has 0 spiro atoms. The largest absolute Gasteiger partial charge is 0.387 e. The molecular formula is C6H12O4S. The Morgan fingerprint density at radius 1 is 1.27 bits per heavy atom. The topological polar surface area (TPSA) is 69.9 Å². The highest BCUT2D eigenvalue weighted by molar-refractivity contribution is 7.98. The van der Waals surface area contributed by atoms with E-state index in [0.29, 0.717) is 5.75 Å². The Morgan fingerprint density at radius 3 is 2.27 bits per heavy atom. The van der Waals surface area contributed by atoms with Gasteiger partial charge >= 0.3 is 0 Å². The van der Waals surface area contributed by atoms with Gasteiger partial charge in [-0.1, -0.05) is 0 Å². The van der Waals surface area contributed by atoms with Crippen LogP contribution in [0.5, 0.6) is 0 Å². The molecule has 0 saturated carbocycles. The van der Waals surface area contributed by atoms with Gasteiger partial charge in [0, 0.05) is 5.75 Å². The van der Waals surface area contributed by atoms with Crippen molar-refractivity contribution in [2.75, 3.05) is 12.0 Å². The number of hydrogen-bond donors (Lipinski definition) is 3. The van der Waals surface area contributed by atoms with E-state index in [4.69, 9.17) is 14.9 Å². The summed E-state index contributed by atoms with van der Waals surface area (Å²) in [4.78, 5) is 0. The van der Waals surface area contributed by atoms with Crippen molar-refractivity contribution >= 4 is 11.8 Å². The van der Waals surface area contributed by atoms with Crippen molar-refractivity contribution in [3.63, 3.8) is 0 Å². The quantitative estimate of drug-likeness (QED) is 0.497. The van der Waals surface area contributed by atoms with E-state index in [9.17, 15) is 5.11 Å². The lowest BCUT2D eigenvalue weighted by Crippen LogP contribution is -2.33. The molecule has 1 aliphatic rings. The fourth-order valence-corrected chi connectivity index (χ4v) is 1.64. The summed E-state index contributed by atoms with van der Waals surface area (Å²) in [5.74, 6) is 0.579. The van der Waals surface area contributed by atoms with Crippen LogP contribution >= 0.6 is 11.8 Å². The molecule has 11 heavy (non-hydrogen) atoms. The fourth-order valence-electron chi connectivity index (χ4n) is 1.03. The summed E-state index contributed by atoms with van der Waals surface area (Å²) in [6.07, 6.45) is -1.94. The van der Waals surface area contributed by atoms with Gasteiger partial charge < -0.3 is 20.1 Å². The normalized spacial score (nSPS) is 44.7. The molecule has 1 aliphatic heterocycles. The minimum absolute atomic E-state index is 0.449. The van der Waals surface area contributed by atoms with Crippen molar-refractivity contribution in [3.05, 3.63) is 0 Å². The van der Waals surface area contributed by atoms with Crippen LogP contribution in [-0.4, -0.2) is 51.9 Å². The molecule has 0 aromatic rings. The molecule has 0 unspecified atom stereocenters. The molecule has 4 nitrogen and oxygen atoms in total. The van der Waals surface area contributed by atoms with Crippen molar-refractivity contribution in [1.29, 1.82) is 0 Å². The zero-order valence-corrected chi connectivity index (χ0v) is 6.99. The second-order valence-electron chi connectivity index (χ2n) is 2.50. The third-order valence-corrected chi connectivity index (χ3v) is 2.33. The van der Waals surface area contributed by atoms with E-state index in [1.54, 1.807) is 0 Å². The summed E-state index contributed by atoms with van der Waals surface area (Å²) in [5.41, 5.74) is 0. The smallest absolute Gasteiger partial charge is 0.183 e. The molecule has 0 aromatic carbocycles. The van der Waals surface area contributed by atoms with Crippen molar-refractivity contribution in [1.82, 2.24) is 0 Å². The fraction of sp³-hybridized carbons (Fsp3) is 1.00. The van der Waals surface area contributed by atoms with Crippen LogP contribution in [-0.2, 0) is 4.74 Å². The molecule has 1 heterocycles. The first-order chi connectivity index (χ1) is 5.16. The number of rotatable bonds is 2. The molecule has 0 aliphatic carbocycles. The first-order valence-electron chi connectivity index (χ1n) is 3.35. The molecule has 5 heteroatoms. The summed E-state index contributed by atoms with van der Waals surface area (Å²) >= 11 is 1.50. The summed E-state index contributed by atoms with van der Waals surface area (Å²) < 4.78 is 4.86. The predicted octanol–water partition coefficient (Wildman–Crippen LogP) is -1.21. The summed E-state index contributed by atoms with van der Waals surface area (Å²) in [7, 11) is 0. The molecule has 3 N–H and O–H groups in total. The van der Waals surface area contributed by atoms with Crippen LogP contribution in [0, 0.1) is 0 Å². The Morgan fingerprint density at radius 2 is 1.91 bits per heavy atom. The predicted molar refractivity (Wildman–Crippen MR) is 41.3 cm³/mol. The van der Waals surface area contributed by atoms with Gasteiger partial charge in [-0.3, -0.25) is 0 Å². The molecule has 66 valence electrons. The SMILES string of the molecule is CSC[C@H]1O[C@H](O)[C@H](O)[C@H]1O. The Labute approximate surface area is 69.2 Å². The molecule has 0 aromatic heterocycles. The minimum atomic E-state index is -1.23. The van der Waals surface area contributed by atoms with E-state index in [2.05, 4.69) is 0 Å². The second-order valence-corrected chi connectivity index (χ2v) is 3.41. The van der Waals surface area contributed by atoms with Gasteiger partial charge in [0.2, 0.25) is 0 Å². The Balaban J connectivity index is 2.45. The lowest BCUT2D eigenvalue weighted by molar-refractivity contribution is -0.123. The van der Waals surface area contributed by atoms with Gasteiger partial charge in [-0.15, -0.1) is 0 Å². The van der Waals surface area contributed by atoms with Crippen LogP contribution in [0.1, 0.15) is 0 Å².